The number of carbonyl (C=O) groups is 3. The Hall–Kier alpha value is -1.50. The van der Waals surface area contributed by atoms with Gasteiger partial charge in [-0.2, -0.15) is 5.26 Å². The maximum atomic E-state index is 12.3. The van der Waals surface area contributed by atoms with Crippen molar-refractivity contribution >= 4 is 17.3 Å². The molecule has 0 amide bonds. The van der Waals surface area contributed by atoms with Gasteiger partial charge < -0.3 is 0 Å². The molecule has 0 aromatic carbocycles. The van der Waals surface area contributed by atoms with E-state index in [1.807, 2.05) is 6.07 Å². The number of rotatable bonds is 9. The van der Waals surface area contributed by atoms with Gasteiger partial charge in [0.15, 0.2) is 17.5 Å². The van der Waals surface area contributed by atoms with Gasteiger partial charge in [0.25, 0.3) is 0 Å². The summed E-state index contributed by atoms with van der Waals surface area (Å²) >= 11 is 0. The third-order valence-corrected chi connectivity index (χ3v) is 5.04. The smallest absolute Gasteiger partial charge is 0.163 e. The molecule has 2 rings (SSSR count). The molecule has 4 nitrogen and oxygen atoms in total. The monoisotopic (exact) mass is 303 g/mol. The van der Waals surface area contributed by atoms with Crippen molar-refractivity contribution in [2.45, 2.75) is 64.7 Å². The van der Waals surface area contributed by atoms with Crippen LogP contribution in [-0.2, 0) is 14.4 Å². The van der Waals surface area contributed by atoms with Gasteiger partial charge in [-0.1, -0.05) is 26.2 Å². The van der Waals surface area contributed by atoms with Crippen LogP contribution in [0.3, 0.4) is 0 Å². The van der Waals surface area contributed by atoms with Crippen LogP contribution in [0.1, 0.15) is 64.7 Å². The van der Waals surface area contributed by atoms with Crippen molar-refractivity contribution < 1.29 is 14.4 Å². The number of carbonyl (C=O) groups excluding carboxylic acids is 3. The molecule has 2 aliphatic carbocycles. The van der Waals surface area contributed by atoms with E-state index in [2.05, 4.69) is 6.92 Å². The molecule has 3 unspecified atom stereocenters. The summed E-state index contributed by atoms with van der Waals surface area (Å²) in [5, 5.41) is 9.15. The average molecular weight is 303 g/mol. The SMILES string of the molecule is CCCCCC1C(=O)CCC1CC(=O)C(C#N)C(=O)C1CC1. The number of nitriles is 1. The molecular formula is C18H25NO3. The number of ketones is 3. The molecule has 120 valence electrons. The van der Waals surface area contributed by atoms with Crippen molar-refractivity contribution in [1.82, 2.24) is 0 Å². The maximum absolute atomic E-state index is 12.3. The van der Waals surface area contributed by atoms with Crippen molar-refractivity contribution in [3.63, 3.8) is 0 Å². The zero-order chi connectivity index (χ0) is 16.1. The molecule has 0 aromatic rings. The highest BCUT2D eigenvalue weighted by molar-refractivity contribution is 6.06. The molecule has 0 aromatic heterocycles. The van der Waals surface area contributed by atoms with Crippen LogP contribution in [0, 0.1) is 35.0 Å². The first kappa shape index (κ1) is 16.9. The molecule has 0 N–H and O–H groups in total. The van der Waals surface area contributed by atoms with E-state index < -0.39 is 5.92 Å². The number of nitrogens with zero attached hydrogens (tertiary/aromatic N) is 1. The van der Waals surface area contributed by atoms with E-state index in [9.17, 15) is 14.4 Å². The molecule has 2 aliphatic rings. The molecule has 2 saturated carbocycles. The highest BCUT2D eigenvalue weighted by Crippen LogP contribution is 2.37. The minimum atomic E-state index is -1.10. The Balaban J connectivity index is 1.92. The van der Waals surface area contributed by atoms with Crippen molar-refractivity contribution in [3.8, 4) is 6.07 Å². The summed E-state index contributed by atoms with van der Waals surface area (Å²) in [7, 11) is 0. The molecule has 0 bridgehead atoms. The third kappa shape index (κ3) is 4.03. The van der Waals surface area contributed by atoms with Crippen molar-refractivity contribution in [3.05, 3.63) is 0 Å². The minimum Gasteiger partial charge on any atom is -0.299 e. The van der Waals surface area contributed by atoms with Crippen molar-refractivity contribution in [2.24, 2.45) is 23.7 Å². The summed E-state index contributed by atoms with van der Waals surface area (Å²) in [5.41, 5.74) is 0. The van der Waals surface area contributed by atoms with Crippen molar-refractivity contribution in [1.29, 1.82) is 5.26 Å². The minimum absolute atomic E-state index is 0.0362. The van der Waals surface area contributed by atoms with Crippen LogP contribution in [0.4, 0.5) is 0 Å². The second-order valence-electron chi connectivity index (χ2n) is 6.78. The van der Waals surface area contributed by atoms with Crippen LogP contribution in [0.2, 0.25) is 0 Å². The molecule has 0 radical (unpaired) electrons. The highest BCUT2D eigenvalue weighted by Gasteiger charge is 2.41. The fourth-order valence-corrected chi connectivity index (χ4v) is 3.51. The van der Waals surface area contributed by atoms with E-state index in [0.29, 0.717) is 6.42 Å². The molecule has 0 spiro atoms. The molecule has 0 aliphatic heterocycles. The van der Waals surface area contributed by atoms with E-state index in [-0.39, 0.29) is 41.5 Å². The van der Waals surface area contributed by atoms with Gasteiger partial charge in [0.1, 0.15) is 5.78 Å². The van der Waals surface area contributed by atoms with Gasteiger partial charge in [-0.15, -0.1) is 0 Å². The lowest BCUT2D eigenvalue weighted by atomic mass is 9.83. The van der Waals surface area contributed by atoms with Gasteiger partial charge in [0.2, 0.25) is 0 Å². The van der Waals surface area contributed by atoms with E-state index in [4.69, 9.17) is 5.26 Å². The van der Waals surface area contributed by atoms with Crippen LogP contribution in [0.5, 0.6) is 0 Å². The molecule has 3 atom stereocenters. The van der Waals surface area contributed by atoms with Gasteiger partial charge in [-0.3, -0.25) is 14.4 Å². The number of hydrogen-bond acceptors (Lipinski definition) is 4. The standard InChI is InChI=1S/C18H25NO3/c1-2-3-4-5-14-13(8-9-16(14)20)10-17(21)15(11-19)18(22)12-6-7-12/h12-15H,2-10H2,1H3. The quantitative estimate of drug-likeness (QED) is 0.484. The van der Waals surface area contributed by atoms with E-state index in [1.165, 1.54) is 0 Å². The predicted octanol–water partition coefficient (Wildman–Crippen LogP) is 3.24. The van der Waals surface area contributed by atoms with E-state index >= 15 is 0 Å². The second-order valence-corrected chi connectivity index (χ2v) is 6.78. The van der Waals surface area contributed by atoms with Crippen LogP contribution in [0.25, 0.3) is 0 Å². The van der Waals surface area contributed by atoms with Gasteiger partial charge >= 0.3 is 0 Å². The number of hydrogen-bond donors (Lipinski definition) is 0. The fraction of sp³-hybridized carbons (Fsp3) is 0.778. The summed E-state index contributed by atoms with van der Waals surface area (Å²) in [6.45, 7) is 2.12. The number of Topliss-reactive ketones (excluding diaryl/α,β-unsaturated/α-hetero) is 3. The summed E-state index contributed by atoms with van der Waals surface area (Å²) in [6, 6.07) is 1.89. The summed E-state index contributed by atoms with van der Waals surface area (Å²) in [5.74, 6) is -1.36. The summed E-state index contributed by atoms with van der Waals surface area (Å²) in [6.07, 6.45) is 7.19. The lowest BCUT2D eigenvalue weighted by Gasteiger charge is -2.18. The average Bonchev–Trinajstić information content (AvgIpc) is 3.28. The number of unbranched alkanes of at least 4 members (excludes halogenated alkanes) is 2. The van der Waals surface area contributed by atoms with Gasteiger partial charge in [0, 0.05) is 24.7 Å². The molecule has 4 heteroatoms. The van der Waals surface area contributed by atoms with Crippen molar-refractivity contribution in [2.75, 3.05) is 0 Å². The molecule has 2 fully saturated rings. The Morgan fingerprint density at radius 2 is 2.00 bits per heavy atom. The lowest BCUT2D eigenvalue weighted by molar-refractivity contribution is -0.131. The predicted molar refractivity (Wildman–Crippen MR) is 81.8 cm³/mol. The molecular weight excluding hydrogens is 278 g/mol. The molecule has 22 heavy (non-hydrogen) atoms. The molecule has 0 saturated heterocycles. The van der Waals surface area contributed by atoms with Crippen LogP contribution >= 0.6 is 0 Å². The lowest BCUT2D eigenvalue weighted by Crippen LogP contribution is -2.27. The first-order chi connectivity index (χ1) is 10.6. The van der Waals surface area contributed by atoms with E-state index in [1.54, 1.807) is 0 Å². The normalized spacial score (nSPS) is 25.7. The van der Waals surface area contributed by atoms with Crippen LogP contribution in [-0.4, -0.2) is 17.3 Å². The Morgan fingerprint density at radius 3 is 2.59 bits per heavy atom. The van der Waals surface area contributed by atoms with Gasteiger partial charge in [-0.25, -0.2) is 0 Å². The molecule has 0 heterocycles. The van der Waals surface area contributed by atoms with Gasteiger partial charge in [-0.05, 0) is 31.6 Å². The van der Waals surface area contributed by atoms with Crippen LogP contribution < -0.4 is 0 Å². The maximum Gasteiger partial charge on any atom is 0.163 e. The fourth-order valence-electron chi connectivity index (χ4n) is 3.51. The van der Waals surface area contributed by atoms with Gasteiger partial charge in [0.05, 0.1) is 6.07 Å². The summed E-state index contributed by atoms with van der Waals surface area (Å²) < 4.78 is 0. The van der Waals surface area contributed by atoms with Crippen LogP contribution in [0.15, 0.2) is 0 Å². The zero-order valence-corrected chi connectivity index (χ0v) is 13.3. The van der Waals surface area contributed by atoms with E-state index in [0.717, 1.165) is 44.9 Å². The Morgan fingerprint density at radius 1 is 1.27 bits per heavy atom. The Labute approximate surface area is 132 Å². The topological polar surface area (TPSA) is 75.0 Å². The first-order valence-corrected chi connectivity index (χ1v) is 8.57. The summed E-state index contributed by atoms with van der Waals surface area (Å²) in [4.78, 5) is 36.3. The highest BCUT2D eigenvalue weighted by atomic mass is 16.2. The Bertz CT molecular complexity index is 487. The third-order valence-electron chi connectivity index (χ3n) is 5.04. The Kier molecular flexibility index (Phi) is 5.88. The second kappa shape index (κ2) is 7.67. The zero-order valence-electron chi connectivity index (χ0n) is 13.3. The first-order valence-electron chi connectivity index (χ1n) is 8.57. The largest absolute Gasteiger partial charge is 0.299 e.